The molecule has 116 valence electrons. The molecular weight excluding hydrogens is 266 g/mol. The van der Waals surface area contributed by atoms with Gasteiger partial charge in [-0.2, -0.15) is 0 Å². The third-order valence-electron chi connectivity index (χ3n) is 4.14. The molecule has 1 aromatic carbocycles. The van der Waals surface area contributed by atoms with Crippen LogP contribution in [0.2, 0.25) is 0 Å². The summed E-state index contributed by atoms with van der Waals surface area (Å²) in [6, 6.07) is 7.34. The van der Waals surface area contributed by atoms with Crippen LogP contribution in [-0.2, 0) is 4.79 Å². The number of β-lactam (4-membered cyclic amide) rings is 1. The van der Waals surface area contributed by atoms with Crippen LogP contribution < -0.4 is 9.64 Å². The summed E-state index contributed by atoms with van der Waals surface area (Å²) < 4.78 is 5.12. The molecule has 1 N–H and O–H groups in total. The highest BCUT2D eigenvalue weighted by atomic mass is 16.5. The van der Waals surface area contributed by atoms with Gasteiger partial charge >= 0.3 is 0 Å². The number of aliphatic hydroxyl groups is 1. The van der Waals surface area contributed by atoms with Crippen LogP contribution in [-0.4, -0.2) is 30.3 Å². The van der Waals surface area contributed by atoms with Crippen LogP contribution in [0.15, 0.2) is 24.3 Å². The van der Waals surface area contributed by atoms with Crippen LogP contribution in [0.3, 0.4) is 0 Å². The molecule has 2 atom stereocenters. The van der Waals surface area contributed by atoms with E-state index in [4.69, 9.17) is 4.74 Å². The first kappa shape index (κ1) is 15.8. The largest absolute Gasteiger partial charge is 0.497 e. The number of hydrogen-bond donors (Lipinski definition) is 1. The quantitative estimate of drug-likeness (QED) is 0.591. The Hall–Kier alpha value is -1.55. The number of methoxy groups -OCH3 is 1. The molecule has 1 saturated heterocycles. The summed E-state index contributed by atoms with van der Waals surface area (Å²) in [6.07, 6.45) is 5.97. The molecular formula is C17H25NO3. The number of aliphatic hydroxyl groups excluding tert-OH is 1. The molecule has 1 aliphatic heterocycles. The summed E-state index contributed by atoms with van der Waals surface area (Å²) in [7, 11) is 1.62. The molecule has 1 fully saturated rings. The van der Waals surface area contributed by atoms with E-state index >= 15 is 0 Å². The minimum atomic E-state index is -0.835. The first-order valence-corrected chi connectivity index (χ1v) is 7.84. The van der Waals surface area contributed by atoms with Crippen LogP contribution in [0, 0.1) is 0 Å². The lowest BCUT2D eigenvalue weighted by Gasteiger charge is -2.44. The summed E-state index contributed by atoms with van der Waals surface area (Å²) in [5, 5.41) is 9.90. The highest BCUT2D eigenvalue weighted by Crippen LogP contribution is 2.32. The minimum Gasteiger partial charge on any atom is -0.497 e. The lowest BCUT2D eigenvalue weighted by Crippen LogP contribution is -2.65. The van der Waals surface area contributed by atoms with E-state index in [1.807, 2.05) is 24.3 Å². The van der Waals surface area contributed by atoms with Crippen molar-refractivity contribution < 1.29 is 14.6 Å². The van der Waals surface area contributed by atoms with Gasteiger partial charge in [0.15, 0.2) is 6.10 Å². The molecule has 1 aliphatic rings. The number of ether oxygens (including phenoxy) is 1. The number of hydrogen-bond acceptors (Lipinski definition) is 3. The van der Waals surface area contributed by atoms with E-state index in [1.165, 1.54) is 25.7 Å². The fourth-order valence-electron chi connectivity index (χ4n) is 2.84. The van der Waals surface area contributed by atoms with Crippen LogP contribution >= 0.6 is 0 Å². The number of amides is 1. The highest BCUT2D eigenvalue weighted by Gasteiger charge is 2.46. The standard InChI is InChI=1S/C17H25NO3/c1-3-4-5-6-7-8-15-16(19)17(20)18(15)13-9-11-14(21-2)12-10-13/h9-12,15-16,19H,3-8H2,1-2H3/t15-,16+/m1/s1. The third-order valence-corrected chi connectivity index (χ3v) is 4.14. The van der Waals surface area contributed by atoms with E-state index in [0.717, 1.165) is 24.3 Å². The van der Waals surface area contributed by atoms with Crippen molar-refractivity contribution in [3.63, 3.8) is 0 Å². The SMILES string of the molecule is CCCCCCC[C@@H]1[C@H](O)C(=O)N1c1ccc(OC)cc1. The summed E-state index contributed by atoms with van der Waals surface area (Å²) in [5.74, 6) is 0.571. The predicted molar refractivity (Wildman–Crippen MR) is 83.7 cm³/mol. The van der Waals surface area contributed by atoms with Gasteiger partial charge in [0.2, 0.25) is 0 Å². The Morgan fingerprint density at radius 3 is 2.43 bits per heavy atom. The van der Waals surface area contributed by atoms with E-state index < -0.39 is 6.10 Å². The molecule has 1 heterocycles. The summed E-state index contributed by atoms with van der Waals surface area (Å²) in [6.45, 7) is 2.19. The average Bonchev–Trinajstić information content (AvgIpc) is 2.53. The smallest absolute Gasteiger partial charge is 0.258 e. The maximum Gasteiger partial charge on any atom is 0.258 e. The van der Waals surface area contributed by atoms with Gasteiger partial charge in [-0.3, -0.25) is 4.79 Å². The molecule has 0 aliphatic carbocycles. The number of nitrogens with zero attached hydrogens (tertiary/aromatic N) is 1. The first-order valence-electron chi connectivity index (χ1n) is 7.84. The second-order valence-electron chi connectivity index (χ2n) is 5.62. The van der Waals surface area contributed by atoms with E-state index in [-0.39, 0.29) is 11.9 Å². The number of anilines is 1. The lowest BCUT2D eigenvalue weighted by atomic mass is 9.91. The van der Waals surface area contributed by atoms with Crippen LogP contribution in [0.5, 0.6) is 5.75 Å². The van der Waals surface area contributed by atoms with Gasteiger partial charge < -0.3 is 14.7 Å². The Bertz CT molecular complexity index is 458. The van der Waals surface area contributed by atoms with Gasteiger partial charge in [0.05, 0.1) is 13.2 Å². The van der Waals surface area contributed by atoms with Gasteiger partial charge in [-0.1, -0.05) is 39.0 Å². The number of benzene rings is 1. The molecule has 0 spiro atoms. The topological polar surface area (TPSA) is 49.8 Å². The molecule has 0 saturated carbocycles. The van der Waals surface area contributed by atoms with Gasteiger partial charge in [0.25, 0.3) is 5.91 Å². The van der Waals surface area contributed by atoms with E-state index in [9.17, 15) is 9.90 Å². The van der Waals surface area contributed by atoms with Crippen LogP contribution in [0.4, 0.5) is 5.69 Å². The van der Waals surface area contributed by atoms with Gasteiger partial charge in [-0.25, -0.2) is 0 Å². The zero-order valence-electron chi connectivity index (χ0n) is 12.9. The Morgan fingerprint density at radius 1 is 1.14 bits per heavy atom. The minimum absolute atomic E-state index is 0.0764. The predicted octanol–water partition coefficient (Wildman–Crippen LogP) is 3.13. The second-order valence-corrected chi connectivity index (χ2v) is 5.62. The Morgan fingerprint density at radius 2 is 1.81 bits per heavy atom. The second kappa shape index (κ2) is 7.46. The maximum atomic E-state index is 11.9. The molecule has 0 radical (unpaired) electrons. The molecule has 0 bridgehead atoms. The van der Waals surface area contributed by atoms with Crippen molar-refractivity contribution in [2.75, 3.05) is 12.0 Å². The molecule has 4 heteroatoms. The zero-order chi connectivity index (χ0) is 15.2. The molecule has 2 rings (SSSR count). The summed E-state index contributed by atoms with van der Waals surface area (Å²) >= 11 is 0. The average molecular weight is 291 g/mol. The third kappa shape index (κ3) is 3.56. The zero-order valence-corrected chi connectivity index (χ0v) is 12.9. The van der Waals surface area contributed by atoms with Crippen molar-refractivity contribution in [2.45, 2.75) is 57.6 Å². The van der Waals surface area contributed by atoms with Crippen molar-refractivity contribution in [1.82, 2.24) is 0 Å². The fourth-order valence-corrected chi connectivity index (χ4v) is 2.84. The van der Waals surface area contributed by atoms with Gasteiger partial charge in [0.1, 0.15) is 5.75 Å². The van der Waals surface area contributed by atoms with Crippen molar-refractivity contribution in [2.24, 2.45) is 0 Å². The van der Waals surface area contributed by atoms with Crippen molar-refractivity contribution in [3.8, 4) is 5.75 Å². The number of rotatable bonds is 8. The number of unbranched alkanes of at least 4 members (excludes halogenated alkanes) is 4. The molecule has 1 aromatic rings. The Labute approximate surface area is 126 Å². The number of carbonyl (C=O) groups is 1. The molecule has 4 nitrogen and oxygen atoms in total. The molecule has 0 unspecified atom stereocenters. The fraction of sp³-hybridized carbons (Fsp3) is 0.588. The first-order chi connectivity index (χ1) is 10.2. The van der Waals surface area contributed by atoms with Crippen LogP contribution in [0.1, 0.15) is 45.4 Å². The van der Waals surface area contributed by atoms with Gasteiger partial charge in [0, 0.05) is 5.69 Å². The molecule has 0 aromatic heterocycles. The molecule has 1 amide bonds. The molecule has 21 heavy (non-hydrogen) atoms. The highest BCUT2D eigenvalue weighted by molar-refractivity contribution is 6.04. The summed E-state index contributed by atoms with van der Waals surface area (Å²) in [4.78, 5) is 13.6. The van der Waals surface area contributed by atoms with E-state index in [1.54, 1.807) is 12.0 Å². The van der Waals surface area contributed by atoms with Gasteiger partial charge in [-0.05, 0) is 30.7 Å². The number of carbonyl (C=O) groups excluding carboxylic acids is 1. The van der Waals surface area contributed by atoms with E-state index in [2.05, 4.69) is 6.92 Å². The lowest BCUT2D eigenvalue weighted by molar-refractivity contribution is -0.137. The Kier molecular flexibility index (Phi) is 5.62. The maximum absolute atomic E-state index is 11.9. The Balaban J connectivity index is 1.91. The normalized spacial score (nSPS) is 21.3. The summed E-state index contributed by atoms with van der Waals surface area (Å²) in [5.41, 5.74) is 0.838. The van der Waals surface area contributed by atoms with Crippen molar-refractivity contribution in [1.29, 1.82) is 0 Å². The van der Waals surface area contributed by atoms with E-state index in [0.29, 0.717) is 0 Å². The van der Waals surface area contributed by atoms with Gasteiger partial charge in [-0.15, -0.1) is 0 Å². The van der Waals surface area contributed by atoms with Crippen molar-refractivity contribution >= 4 is 11.6 Å². The monoisotopic (exact) mass is 291 g/mol. The van der Waals surface area contributed by atoms with Crippen molar-refractivity contribution in [3.05, 3.63) is 24.3 Å². The van der Waals surface area contributed by atoms with Crippen LogP contribution in [0.25, 0.3) is 0 Å².